The van der Waals surface area contributed by atoms with Crippen molar-refractivity contribution in [1.29, 1.82) is 0 Å². The number of rotatable bonds is 1. The SMILES string of the molecule is CC1CNCCN1C(=O)c1cccc(Br)c1F. The Bertz CT molecular complexity index is 439. The van der Waals surface area contributed by atoms with E-state index in [1.165, 1.54) is 6.07 Å². The number of nitrogens with one attached hydrogen (secondary N) is 1. The molecule has 5 heteroatoms. The van der Waals surface area contributed by atoms with Gasteiger partial charge in [-0.05, 0) is 35.0 Å². The van der Waals surface area contributed by atoms with Crippen LogP contribution in [-0.4, -0.2) is 36.5 Å². The molecular weight excluding hydrogens is 287 g/mol. The van der Waals surface area contributed by atoms with Gasteiger partial charge in [-0.15, -0.1) is 0 Å². The van der Waals surface area contributed by atoms with Crippen LogP contribution in [0.15, 0.2) is 22.7 Å². The molecule has 0 spiro atoms. The molecule has 1 N–H and O–H groups in total. The molecule has 1 amide bonds. The summed E-state index contributed by atoms with van der Waals surface area (Å²) in [4.78, 5) is 13.9. The molecule has 1 aromatic carbocycles. The Hall–Kier alpha value is -0.940. The Morgan fingerprint density at radius 2 is 2.35 bits per heavy atom. The molecule has 92 valence electrons. The van der Waals surface area contributed by atoms with E-state index in [9.17, 15) is 9.18 Å². The minimum absolute atomic E-state index is 0.0923. The number of carbonyl (C=O) groups is 1. The summed E-state index contributed by atoms with van der Waals surface area (Å²) in [6.45, 7) is 4.08. The lowest BCUT2D eigenvalue weighted by atomic mass is 10.1. The summed E-state index contributed by atoms with van der Waals surface area (Å²) < 4.78 is 14.1. The Balaban J connectivity index is 2.27. The van der Waals surface area contributed by atoms with Gasteiger partial charge in [-0.2, -0.15) is 0 Å². The summed E-state index contributed by atoms with van der Waals surface area (Å²) in [5.74, 6) is -0.721. The molecule has 1 fully saturated rings. The smallest absolute Gasteiger partial charge is 0.257 e. The van der Waals surface area contributed by atoms with Crippen LogP contribution in [0.3, 0.4) is 0 Å². The molecular formula is C12H14BrFN2O. The molecule has 1 saturated heterocycles. The maximum Gasteiger partial charge on any atom is 0.257 e. The van der Waals surface area contributed by atoms with Gasteiger partial charge in [0.05, 0.1) is 10.0 Å². The zero-order valence-corrected chi connectivity index (χ0v) is 11.1. The fourth-order valence-corrected chi connectivity index (χ4v) is 2.33. The van der Waals surface area contributed by atoms with E-state index in [1.807, 2.05) is 6.92 Å². The van der Waals surface area contributed by atoms with Gasteiger partial charge in [0.15, 0.2) is 0 Å². The monoisotopic (exact) mass is 300 g/mol. The van der Waals surface area contributed by atoms with Gasteiger partial charge in [-0.3, -0.25) is 4.79 Å². The summed E-state index contributed by atoms with van der Waals surface area (Å²) in [5, 5.41) is 3.20. The van der Waals surface area contributed by atoms with Gasteiger partial charge in [-0.25, -0.2) is 4.39 Å². The zero-order chi connectivity index (χ0) is 12.4. The molecule has 0 aliphatic carbocycles. The van der Waals surface area contributed by atoms with Crippen LogP contribution in [0.1, 0.15) is 17.3 Å². The molecule has 3 nitrogen and oxygen atoms in total. The van der Waals surface area contributed by atoms with Crippen molar-refractivity contribution >= 4 is 21.8 Å². The Morgan fingerprint density at radius 3 is 3.06 bits per heavy atom. The van der Waals surface area contributed by atoms with E-state index in [2.05, 4.69) is 21.2 Å². The lowest BCUT2D eigenvalue weighted by Crippen LogP contribution is -2.52. The summed E-state index contributed by atoms with van der Waals surface area (Å²) in [5.41, 5.74) is 0.133. The van der Waals surface area contributed by atoms with Gasteiger partial charge in [0.25, 0.3) is 5.91 Å². The second kappa shape index (κ2) is 5.14. The first kappa shape index (κ1) is 12.5. The predicted octanol–water partition coefficient (Wildman–Crippen LogP) is 2.02. The van der Waals surface area contributed by atoms with Crippen molar-refractivity contribution in [3.05, 3.63) is 34.1 Å². The van der Waals surface area contributed by atoms with Crippen LogP contribution < -0.4 is 5.32 Å². The molecule has 1 aliphatic rings. The third kappa shape index (κ3) is 2.50. The first-order valence-corrected chi connectivity index (χ1v) is 6.36. The average molecular weight is 301 g/mol. The average Bonchev–Trinajstić information content (AvgIpc) is 2.32. The second-order valence-corrected chi connectivity index (χ2v) is 5.01. The van der Waals surface area contributed by atoms with Gasteiger partial charge in [0.1, 0.15) is 5.82 Å². The van der Waals surface area contributed by atoms with E-state index in [0.29, 0.717) is 11.0 Å². The van der Waals surface area contributed by atoms with E-state index in [1.54, 1.807) is 17.0 Å². The number of nitrogens with zero attached hydrogens (tertiary/aromatic N) is 1. The number of piperazine rings is 1. The van der Waals surface area contributed by atoms with Crippen molar-refractivity contribution in [3.63, 3.8) is 0 Å². The Kier molecular flexibility index (Phi) is 3.79. The molecule has 1 aromatic rings. The fraction of sp³-hybridized carbons (Fsp3) is 0.417. The normalized spacial score (nSPS) is 20.4. The van der Waals surface area contributed by atoms with Gasteiger partial charge in [-0.1, -0.05) is 6.07 Å². The quantitative estimate of drug-likeness (QED) is 0.861. The number of carbonyl (C=O) groups excluding carboxylic acids is 1. The van der Waals surface area contributed by atoms with Crippen molar-refractivity contribution in [3.8, 4) is 0 Å². The summed E-state index contributed by atoms with van der Waals surface area (Å²) in [6, 6.07) is 4.88. The summed E-state index contributed by atoms with van der Waals surface area (Å²) in [6.07, 6.45) is 0. The van der Waals surface area contributed by atoms with E-state index < -0.39 is 5.82 Å². The number of amides is 1. The molecule has 2 rings (SSSR count). The van der Waals surface area contributed by atoms with Crippen LogP contribution in [0.5, 0.6) is 0 Å². The number of halogens is 2. The maximum absolute atomic E-state index is 13.8. The van der Waals surface area contributed by atoms with E-state index >= 15 is 0 Å². The molecule has 1 aliphatic heterocycles. The van der Waals surface area contributed by atoms with Crippen LogP contribution in [-0.2, 0) is 0 Å². The fourth-order valence-electron chi connectivity index (χ4n) is 1.97. The highest BCUT2D eigenvalue weighted by Gasteiger charge is 2.26. The number of hydrogen-bond donors (Lipinski definition) is 1. The summed E-state index contributed by atoms with van der Waals surface area (Å²) in [7, 11) is 0. The molecule has 17 heavy (non-hydrogen) atoms. The number of benzene rings is 1. The van der Waals surface area contributed by atoms with Crippen LogP contribution in [0.25, 0.3) is 0 Å². The molecule has 0 radical (unpaired) electrons. The van der Waals surface area contributed by atoms with Crippen molar-refractivity contribution in [2.75, 3.05) is 19.6 Å². The van der Waals surface area contributed by atoms with Gasteiger partial charge in [0.2, 0.25) is 0 Å². The van der Waals surface area contributed by atoms with Crippen LogP contribution in [0.2, 0.25) is 0 Å². The van der Waals surface area contributed by atoms with Gasteiger partial charge < -0.3 is 10.2 Å². The minimum atomic E-state index is -0.483. The Morgan fingerprint density at radius 1 is 1.59 bits per heavy atom. The predicted molar refractivity (Wildman–Crippen MR) is 67.5 cm³/mol. The highest BCUT2D eigenvalue weighted by atomic mass is 79.9. The molecule has 0 saturated carbocycles. The second-order valence-electron chi connectivity index (χ2n) is 4.15. The largest absolute Gasteiger partial charge is 0.333 e. The molecule has 0 bridgehead atoms. The first-order chi connectivity index (χ1) is 8.11. The highest BCUT2D eigenvalue weighted by Crippen LogP contribution is 2.20. The third-order valence-electron chi connectivity index (χ3n) is 2.94. The molecule has 0 aromatic heterocycles. The molecule has 1 atom stereocenters. The van der Waals surface area contributed by atoms with Crippen molar-refractivity contribution in [2.45, 2.75) is 13.0 Å². The zero-order valence-electron chi connectivity index (χ0n) is 9.54. The van der Waals surface area contributed by atoms with Crippen LogP contribution in [0, 0.1) is 5.82 Å². The third-order valence-corrected chi connectivity index (χ3v) is 3.56. The van der Waals surface area contributed by atoms with Crippen LogP contribution in [0.4, 0.5) is 4.39 Å². The van der Waals surface area contributed by atoms with Crippen LogP contribution >= 0.6 is 15.9 Å². The van der Waals surface area contributed by atoms with E-state index in [-0.39, 0.29) is 17.5 Å². The lowest BCUT2D eigenvalue weighted by molar-refractivity contribution is 0.0651. The van der Waals surface area contributed by atoms with E-state index in [4.69, 9.17) is 0 Å². The van der Waals surface area contributed by atoms with Crippen molar-refractivity contribution in [2.24, 2.45) is 0 Å². The topological polar surface area (TPSA) is 32.3 Å². The molecule has 1 unspecified atom stereocenters. The minimum Gasteiger partial charge on any atom is -0.333 e. The first-order valence-electron chi connectivity index (χ1n) is 5.57. The van der Waals surface area contributed by atoms with Crippen molar-refractivity contribution < 1.29 is 9.18 Å². The standard InChI is InChI=1S/C12H14BrFN2O/c1-8-7-15-5-6-16(8)12(17)9-3-2-4-10(13)11(9)14/h2-4,8,15H,5-7H2,1H3. The Labute approximate surface area is 108 Å². The highest BCUT2D eigenvalue weighted by molar-refractivity contribution is 9.10. The van der Waals surface area contributed by atoms with Gasteiger partial charge in [0, 0.05) is 25.7 Å². The van der Waals surface area contributed by atoms with Crippen molar-refractivity contribution in [1.82, 2.24) is 10.2 Å². The van der Waals surface area contributed by atoms with Gasteiger partial charge >= 0.3 is 0 Å². The maximum atomic E-state index is 13.8. The van der Waals surface area contributed by atoms with E-state index in [0.717, 1.165) is 13.1 Å². The number of hydrogen-bond acceptors (Lipinski definition) is 2. The lowest BCUT2D eigenvalue weighted by Gasteiger charge is -2.34. The summed E-state index contributed by atoms with van der Waals surface area (Å²) >= 11 is 3.10. The molecule has 1 heterocycles.